The van der Waals surface area contributed by atoms with Gasteiger partial charge < -0.3 is 47.6 Å². The van der Waals surface area contributed by atoms with Gasteiger partial charge in [-0.25, -0.2) is 0 Å². The fraction of sp³-hybridized carbons (Fsp3) is 1.00. The van der Waals surface area contributed by atoms with Crippen LogP contribution in [0, 0.1) is 0 Å². The first kappa shape index (κ1) is 32.3. The van der Waals surface area contributed by atoms with E-state index < -0.39 is 26.4 Å². The second kappa shape index (κ2) is 18.6. The first-order valence-corrected chi connectivity index (χ1v) is 17.9. The zero-order chi connectivity index (χ0) is 24.3. The fourth-order valence-corrected chi connectivity index (χ4v) is 15.8. The van der Waals surface area contributed by atoms with Crippen LogP contribution in [0.2, 0.25) is 18.1 Å². The Morgan fingerprint density at radius 3 is 0.938 bits per heavy atom. The van der Waals surface area contributed by atoms with Gasteiger partial charge >= 0.3 is 26.4 Å². The van der Waals surface area contributed by atoms with Gasteiger partial charge in [-0.2, -0.15) is 0 Å². The molecule has 6 N–H and O–H groups in total. The second-order valence-electron chi connectivity index (χ2n) is 7.09. The summed E-state index contributed by atoms with van der Waals surface area (Å²) < 4.78 is 44.6. The molecule has 0 aromatic rings. The summed E-state index contributed by atoms with van der Waals surface area (Å²) in [4.78, 5) is 0. The molecular formula is C19H49N3O7Si3. The Hall–Kier alpha value is 0.251. The van der Waals surface area contributed by atoms with Crippen molar-refractivity contribution in [1.29, 1.82) is 0 Å². The van der Waals surface area contributed by atoms with Gasteiger partial charge in [-0.15, -0.1) is 0 Å². The zero-order valence-electron chi connectivity index (χ0n) is 21.0. The van der Waals surface area contributed by atoms with E-state index in [2.05, 4.69) is 0 Å². The maximum Gasteiger partial charge on any atom is 0.493 e. The van der Waals surface area contributed by atoms with Crippen LogP contribution in [-0.4, -0.2) is 79.1 Å². The third-order valence-corrected chi connectivity index (χ3v) is 16.0. The molecule has 0 aliphatic carbocycles. The van der Waals surface area contributed by atoms with Gasteiger partial charge in [0.25, 0.3) is 0 Å². The van der Waals surface area contributed by atoms with Crippen LogP contribution in [0.25, 0.3) is 0 Å². The van der Waals surface area contributed by atoms with Crippen LogP contribution in [-0.2, 0) is 30.4 Å². The van der Waals surface area contributed by atoms with Crippen molar-refractivity contribution in [1.82, 2.24) is 0 Å². The van der Waals surface area contributed by atoms with E-state index >= 15 is 0 Å². The highest BCUT2D eigenvalue weighted by Crippen LogP contribution is 2.32. The fourth-order valence-electron chi connectivity index (χ4n) is 3.38. The standard InChI is InChI=1S/C19H49N3O7Si3/c1-6-23-30(24-7-2,17-11-14-20)28-32(27-10-5,19-13-16-22)29-31(25-8-3,26-9-4)18-12-15-21/h6-22H2,1-5H3. The average molecular weight is 516 g/mol. The molecule has 0 aliphatic heterocycles. The van der Waals surface area contributed by atoms with Crippen LogP contribution in [0.15, 0.2) is 0 Å². The number of hydrogen-bond donors (Lipinski definition) is 3. The molecule has 0 rings (SSSR count). The summed E-state index contributed by atoms with van der Waals surface area (Å²) in [5.41, 5.74) is 17.5. The first-order valence-electron chi connectivity index (χ1n) is 12.1. The Morgan fingerprint density at radius 2 is 0.688 bits per heavy atom. The van der Waals surface area contributed by atoms with E-state index in [0.29, 0.717) is 90.1 Å². The van der Waals surface area contributed by atoms with E-state index in [1.54, 1.807) is 0 Å². The smallest absolute Gasteiger partial charge is 0.375 e. The van der Waals surface area contributed by atoms with Gasteiger partial charge in [-0.05, 0) is 73.5 Å². The van der Waals surface area contributed by atoms with Gasteiger partial charge in [-0.1, -0.05) is 0 Å². The minimum Gasteiger partial charge on any atom is -0.375 e. The summed E-state index contributed by atoms with van der Waals surface area (Å²) in [5.74, 6) is 0. The summed E-state index contributed by atoms with van der Waals surface area (Å²) in [5, 5.41) is 0. The largest absolute Gasteiger partial charge is 0.493 e. The lowest BCUT2D eigenvalue weighted by atomic mass is 10.5. The van der Waals surface area contributed by atoms with E-state index in [4.69, 9.17) is 47.6 Å². The van der Waals surface area contributed by atoms with Crippen molar-refractivity contribution in [2.24, 2.45) is 17.2 Å². The van der Waals surface area contributed by atoms with Crippen molar-refractivity contribution < 1.29 is 30.4 Å². The molecule has 0 saturated heterocycles. The lowest BCUT2D eigenvalue weighted by Crippen LogP contribution is -2.64. The predicted octanol–water partition coefficient (Wildman–Crippen LogP) is 2.07. The molecule has 0 atom stereocenters. The first-order chi connectivity index (χ1) is 15.4. The van der Waals surface area contributed by atoms with Crippen LogP contribution in [0.1, 0.15) is 53.9 Å². The van der Waals surface area contributed by atoms with Gasteiger partial charge in [0, 0.05) is 51.2 Å². The molecule has 0 spiro atoms. The normalized spacial score (nSPS) is 13.1. The summed E-state index contributed by atoms with van der Waals surface area (Å²) >= 11 is 0. The molecule has 0 radical (unpaired) electrons. The molecular weight excluding hydrogens is 466 g/mol. The van der Waals surface area contributed by atoms with Gasteiger partial charge in [0.2, 0.25) is 0 Å². The minimum absolute atomic E-state index is 0.413. The van der Waals surface area contributed by atoms with Gasteiger partial charge in [0.05, 0.1) is 0 Å². The Bertz CT molecular complexity index is 414. The molecule has 0 unspecified atom stereocenters. The minimum atomic E-state index is -3.37. The molecule has 0 saturated carbocycles. The van der Waals surface area contributed by atoms with Crippen LogP contribution in [0.4, 0.5) is 0 Å². The van der Waals surface area contributed by atoms with Crippen molar-refractivity contribution in [3.8, 4) is 0 Å². The molecule has 0 aromatic carbocycles. The van der Waals surface area contributed by atoms with E-state index in [0.717, 1.165) is 0 Å². The monoisotopic (exact) mass is 515 g/mol. The summed E-state index contributed by atoms with van der Waals surface area (Å²) in [6.45, 7) is 13.4. The lowest BCUT2D eigenvalue weighted by Gasteiger charge is -2.42. The van der Waals surface area contributed by atoms with Gasteiger partial charge in [-0.3, -0.25) is 0 Å². The van der Waals surface area contributed by atoms with Crippen molar-refractivity contribution in [3.63, 3.8) is 0 Å². The van der Waals surface area contributed by atoms with E-state index in [1.807, 2.05) is 34.6 Å². The highest BCUT2D eigenvalue weighted by Gasteiger charge is 2.58. The molecule has 0 aliphatic rings. The van der Waals surface area contributed by atoms with Crippen LogP contribution in [0.3, 0.4) is 0 Å². The molecule has 194 valence electrons. The maximum atomic E-state index is 6.80. The molecule has 0 fully saturated rings. The zero-order valence-corrected chi connectivity index (χ0v) is 24.0. The Morgan fingerprint density at radius 1 is 0.438 bits per heavy atom. The summed E-state index contributed by atoms with van der Waals surface area (Å²) in [6, 6.07) is 1.69. The maximum absolute atomic E-state index is 6.80. The highest BCUT2D eigenvalue weighted by atomic mass is 28.5. The van der Waals surface area contributed by atoms with E-state index in [9.17, 15) is 0 Å². The molecule has 0 amide bonds. The van der Waals surface area contributed by atoms with Crippen molar-refractivity contribution in [2.45, 2.75) is 72.0 Å². The highest BCUT2D eigenvalue weighted by molar-refractivity contribution is 6.81. The van der Waals surface area contributed by atoms with Crippen molar-refractivity contribution in [3.05, 3.63) is 0 Å². The summed E-state index contributed by atoms with van der Waals surface area (Å²) in [7, 11) is -9.65. The van der Waals surface area contributed by atoms with Crippen molar-refractivity contribution in [2.75, 3.05) is 52.7 Å². The molecule has 0 heterocycles. The molecule has 10 nitrogen and oxygen atoms in total. The number of rotatable bonds is 23. The van der Waals surface area contributed by atoms with Crippen LogP contribution in [0.5, 0.6) is 0 Å². The Kier molecular flexibility index (Phi) is 18.7. The van der Waals surface area contributed by atoms with Gasteiger partial charge in [0.15, 0.2) is 0 Å². The van der Waals surface area contributed by atoms with Gasteiger partial charge in [0.1, 0.15) is 0 Å². The molecule has 32 heavy (non-hydrogen) atoms. The quantitative estimate of drug-likeness (QED) is 0.173. The lowest BCUT2D eigenvalue weighted by molar-refractivity contribution is 0.0393. The average Bonchev–Trinajstić information content (AvgIpc) is 2.76. The predicted molar refractivity (Wildman–Crippen MR) is 133 cm³/mol. The SMILES string of the molecule is CCO[Si](CCCN)(OCC)O[Si](CCCN)(OCC)O[Si](CCCN)(OCC)OCC. The second-order valence-corrected chi connectivity index (χ2v) is 15.8. The van der Waals surface area contributed by atoms with E-state index in [-0.39, 0.29) is 0 Å². The molecule has 13 heteroatoms. The molecule has 0 bridgehead atoms. The third-order valence-electron chi connectivity index (χ3n) is 4.50. The number of hydrogen-bond acceptors (Lipinski definition) is 10. The van der Waals surface area contributed by atoms with Crippen molar-refractivity contribution >= 4 is 26.4 Å². The Labute approximate surface area is 198 Å². The molecule has 0 aromatic heterocycles. The topological polar surface area (TPSA) is 143 Å². The van der Waals surface area contributed by atoms with Crippen LogP contribution < -0.4 is 17.2 Å². The van der Waals surface area contributed by atoms with Crippen LogP contribution >= 0.6 is 0 Å². The Balaban J connectivity index is 6.33. The third kappa shape index (κ3) is 11.6. The number of nitrogens with two attached hydrogens (primary N) is 3. The van der Waals surface area contributed by atoms with E-state index in [1.165, 1.54) is 0 Å². The summed E-state index contributed by atoms with van der Waals surface area (Å²) in [6.07, 6.45) is 2.10.